The average molecular weight is 182 g/mol. The molecule has 1 heterocycles. The van der Waals surface area contributed by atoms with Crippen LogP contribution in [0.5, 0.6) is 0 Å². The van der Waals surface area contributed by atoms with Crippen LogP contribution < -0.4 is 5.73 Å². The second kappa shape index (κ2) is 3.97. The molecule has 0 spiro atoms. The predicted octanol–water partition coefficient (Wildman–Crippen LogP) is 1.46. The van der Waals surface area contributed by atoms with Gasteiger partial charge in [0.2, 0.25) is 0 Å². The first-order chi connectivity index (χ1) is 6.25. The Bertz CT molecular complexity index is 153. The van der Waals surface area contributed by atoms with Crippen molar-refractivity contribution in [3.05, 3.63) is 0 Å². The fraction of sp³-hybridized carbons (Fsp3) is 1.00. The van der Waals surface area contributed by atoms with Crippen LogP contribution in [0.1, 0.15) is 32.6 Å². The monoisotopic (exact) mass is 182 g/mol. The Labute approximate surface area is 81.5 Å². The summed E-state index contributed by atoms with van der Waals surface area (Å²) < 4.78 is 0. The highest BCUT2D eigenvalue weighted by Gasteiger charge is 2.33. The average Bonchev–Trinajstić information content (AvgIpc) is 2.44. The molecule has 0 amide bonds. The first-order valence-corrected chi connectivity index (χ1v) is 5.73. The van der Waals surface area contributed by atoms with Gasteiger partial charge in [-0.2, -0.15) is 0 Å². The second-order valence-electron chi connectivity index (χ2n) is 5.00. The summed E-state index contributed by atoms with van der Waals surface area (Å²) in [6.45, 7) is 5.87. The zero-order valence-corrected chi connectivity index (χ0v) is 8.71. The lowest BCUT2D eigenvalue weighted by Crippen LogP contribution is -2.34. The standard InChI is InChI=1S/C11H22N2/c1-9(12)6-13-7-10-4-2-3-5-11(10)8-13/h9-11H,2-8,12H2,1H3/t9-,10-,11+/m0/s1. The van der Waals surface area contributed by atoms with Crippen molar-refractivity contribution in [1.82, 2.24) is 4.90 Å². The van der Waals surface area contributed by atoms with E-state index >= 15 is 0 Å². The van der Waals surface area contributed by atoms with Crippen LogP contribution in [0, 0.1) is 11.8 Å². The first kappa shape index (κ1) is 9.47. The van der Waals surface area contributed by atoms with Gasteiger partial charge in [0.15, 0.2) is 0 Å². The van der Waals surface area contributed by atoms with Crippen molar-refractivity contribution in [3.8, 4) is 0 Å². The predicted molar refractivity (Wildman–Crippen MR) is 55.5 cm³/mol. The van der Waals surface area contributed by atoms with Gasteiger partial charge in [-0.3, -0.25) is 0 Å². The van der Waals surface area contributed by atoms with E-state index in [0.717, 1.165) is 18.4 Å². The van der Waals surface area contributed by atoms with Crippen molar-refractivity contribution in [2.24, 2.45) is 17.6 Å². The van der Waals surface area contributed by atoms with Crippen LogP contribution in [0.2, 0.25) is 0 Å². The molecule has 0 aromatic heterocycles. The van der Waals surface area contributed by atoms with E-state index in [2.05, 4.69) is 11.8 Å². The molecule has 0 unspecified atom stereocenters. The van der Waals surface area contributed by atoms with E-state index < -0.39 is 0 Å². The van der Waals surface area contributed by atoms with Gasteiger partial charge in [0, 0.05) is 25.7 Å². The summed E-state index contributed by atoms with van der Waals surface area (Å²) >= 11 is 0. The van der Waals surface area contributed by atoms with Crippen molar-refractivity contribution in [2.75, 3.05) is 19.6 Å². The molecular formula is C11H22N2. The van der Waals surface area contributed by atoms with Crippen LogP contribution in [0.15, 0.2) is 0 Å². The van der Waals surface area contributed by atoms with E-state index in [-0.39, 0.29) is 0 Å². The van der Waals surface area contributed by atoms with Gasteiger partial charge in [-0.25, -0.2) is 0 Å². The Balaban J connectivity index is 1.84. The fourth-order valence-electron chi connectivity index (χ4n) is 3.06. The van der Waals surface area contributed by atoms with Gasteiger partial charge in [-0.05, 0) is 31.6 Å². The van der Waals surface area contributed by atoms with Crippen LogP contribution >= 0.6 is 0 Å². The first-order valence-electron chi connectivity index (χ1n) is 5.73. The van der Waals surface area contributed by atoms with E-state index in [1.807, 2.05) is 0 Å². The molecule has 1 aliphatic carbocycles. The highest BCUT2D eigenvalue weighted by Crippen LogP contribution is 2.35. The summed E-state index contributed by atoms with van der Waals surface area (Å²) in [5.74, 6) is 2.01. The summed E-state index contributed by atoms with van der Waals surface area (Å²) in [7, 11) is 0. The quantitative estimate of drug-likeness (QED) is 0.700. The Hall–Kier alpha value is -0.0800. The molecule has 2 fully saturated rings. The van der Waals surface area contributed by atoms with Gasteiger partial charge in [-0.15, -0.1) is 0 Å². The van der Waals surface area contributed by atoms with Crippen LogP contribution in [0.3, 0.4) is 0 Å². The lowest BCUT2D eigenvalue weighted by Gasteiger charge is -2.23. The van der Waals surface area contributed by atoms with E-state index in [0.29, 0.717) is 6.04 Å². The molecule has 2 rings (SSSR count). The number of nitrogens with two attached hydrogens (primary N) is 1. The fourth-order valence-corrected chi connectivity index (χ4v) is 3.06. The van der Waals surface area contributed by atoms with Gasteiger partial charge in [0.1, 0.15) is 0 Å². The molecule has 0 bridgehead atoms. The van der Waals surface area contributed by atoms with E-state index in [9.17, 15) is 0 Å². The number of rotatable bonds is 2. The van der Waals surface area contributed by atoms with Crippen molar-refractivity contribution in [3.63, 3.8) is 0 Å². The van der Waals surface area contributed by atoms with E-state index in [4.69, 9.17) is 5.73 Å². The van der Waals surface area contributed by atoms with Crippen molar-refractivity contribution in [1.29, 1.82) is 0 Å². The summed E-state index contributed by atoms with van der Waals surface area (Å²) in [6, 6.07) is 0.347. The molecule has 2 nitrogen and oxygen atoms in total. The highest BCUT2D eigenvalue weighted by atomic mass is 15.2. The minimum atomic E-state index is 0.347. The number of hydrogen-bond donors (Lipinski definition) is 1. The molecule has 3 atom stereocenters. The zero-order chi connectivity index (χ0) is 9.26. The lowest BCUT2D eigenvalue weighted by atomic mass is 9.82. The molecule has 1 saturated carbocycles. The molecule has 76 valence electrons. The van der Waals surface area contributed by atoms with Crippen molar-refractivity contribution < 1.29 is 0 Å². The minimum absolute atomic E-state index is 0.347. The maximum Gasteiger partial charge on any atom is 0.0139 e. The van der Waals surface area contributed by atoms with E-state index in [1.54, 1.807) is 0 Å². The third-order valence-corrected chi connectivity index (χ3v) is 3.60. The maximum atomic E-state index is 5.82. The molecule has 2 N–H and O–H groups in total. The minimum Gasteiger partial charge on any atom is -0.327 e. The molecule has 2 aliphatic rings. The summed E-state index contributed by atoms with van der Waals surface area (Å²) in [5, 5.41) is 0. The third-order valence-electron chi connectivity index (χ3n) is 3.60. The summed E-state index contributed by atoms with van der Waals surface area (Å²) in [4.78, 5) is 2.57. The third kappa shape index (κ3) is 2.23. The van der Waals surface area contributed by atoms with E-state index in [1.165, 1.54) is 38.8 Å². The summed E-state index contributed by atoms with van der Waals surface area (Å²) in [6.07, 6.45) is 5.88. The molecular weight excluding hydrogens is 160 g/mol. The van der Waals surface area contributed by atoms with Crippen LogP contribution in [0.4, 0.5) is 0 Å². The SMILES string of the molecule is C[C@H](N)CN1C[C@H]2CCCC[C@H]2C1. The molecule has 0 radical (unpaired) electrons. The highest BCUT2D eigenvalue weighted by molar-refractivity contribution is 4.87. The van der Waals surface area contributed by atoms with Gasteiger partial charge in [0.05, 0.1) is 0 Å². The lowest BCUT2D eigenvalue weighted by molar-refractivity contribution is 0.299. The zero-order valence-electron chi connectivity index (χ0n) is 8.71. The van der Waals surface area contributed by atoms with Crippen LogP contribution in [-0.4, -0.2) is 30.6 Å². The number of nitrogens with zero attached hydrogens (tertiary/aromatic N) is 1. The number of likely N-dealkylation sites (tertiary alicyclic amines) is 1. The smallest absolute Gasteiger partial charge is 0.0139 e. The van der Waals surface area contributed by atoms with Gasteiger partial charge >= 0.3 is 0 Å². The Morgan fingerprint density at radius 1 is 1.23 bits per heavy atom. The number of hydrogen-bond acceptors (Lipinski definition) is 2. The topological polar surface area (TPSA) is 29.3 Å². The second-order valence-corrected chi connectivity index (χ2v) is 5.00. The Morgan fingerprint density at radius 3 is 2.23 bits per heavy atom. The Kier molecular flexibility index (Phi) is 2.89. The van der Waals surface area contributed by atoms with Crippen molar-refractivity contribution >= 4 is 0 Å². The van der Waals surface area contributed by atoms with Gasteiger partial charge in [0.25, 0.3) is 0 Å². The van der Waals surface area contributed by atoms with Crippen molar-refractivity contribution in [2.45, 2.75) is 38.6 Å². The van der Waals surface area contributed by atoms with Gasteiger partial charge in [-0.1, -0.05) is 12.8 Å². The molecule has 0 aromatic carbocycles. The Morgan fingerprint density at radius 2 is 1.77 bits per heavy atom. The molecule has 1 saturated heterocycles. The summed E-state index contributed by atoms with van der Waals surface area (Å²) in [5.41, 5.74) is 5.82. The van der Waals surface area contributed by atoms with Crippen LogP contribution in [-0.2, 0) is 0 Å². The maximum absolute atomic E-state index is 5.82. The normalized spacial score (nSPS) is 37.4. The molecule has 1 aliphatic heterocycles. The molecule has 2 heteroatoms. The van der Waals surface area contributed by atoms with Crippen LogP contribution in [0.25, 0.3) is 0 Å². The van der Waals surface area contributed by atoms with Gasteiger partial charge < -0.3 is 10.6 Å². The largest absolute Gasteiger partial charge is 0.327 e. The number of fused-ring (bicyclic) bond motifs is 1. The molecule has 0 aromatic rings. The molecule has 13 heavy (non-hydrogen) atoms.